The summed E-state index contributed by atoms with van der Waals surface area (Å²) in [5, 5.41) is 2.54. The highest BCUT2D eigenvalue weighted by Crippen LogP contribution is 2.20. The standard InChI is InChI=1S/C18H19N3O3/c1-11-7-8-16(12(2)9-11)20-17(23)18(24)21(13(3)22)15-6-4-5-14(19)10-15/h4-10H,19H2,1-3H3,(H,20,23). The molecule has 2 aromatic rings. The van der Waals surface area contributed by atoms with E-state index < -0.39 is 17.7 Å². The lowest BCUT2D eigenvalue weighted by molar-refractivity contribution is -0.136. The lowest BCUT2D eigenvalue weighted by atomic mass is 10.1. The average Bonchev–Trinajstić information content (AvgIpc) is 2.49. The second kappa shape index (κ2) is 6.95. The van der Waals surface area contributed by atoms with Crippen LogP contribution in [0.1, 0.15) is 18.1 Å². The summed E-state index contributed by atoms with van der Waals surface area (Å²) in [6.45, 7) is 4.97. The maximum atomic E-state index is 12.4. The molecule has 2 aromatic carbocycles. The first kappa shape index (κ1) is 17.2. The zero-order valence-corrected chi connectivity index (χ0v) is 13.8. The van der Waals surface area contributed by atoms with E-state index in [4.69, 9.17) is 5.73 Å². The third kappa shape index (κ3) is 3.78. The van der Waals surface area contributed by atoms with Crippen LogP contribution in [0.3, 0.4) is 0 Å². The van der Waals surface area contributed by atoms with Crippen LogP contribution in [0, 0.1) is 13.8 Å². The van der Waals surface area contributed by atoms with Crippen LogP contribution in [0.2, 0.25) is 0 Å². The van der Waals surface area contributed by atoms with Crippen molar-refractivity contribution in [3.05, 3.63) is 53.6 Å². The number of hydrogen-bond donors (Lipinski definition) is 2. The summed E-state index contributed by atoms with van der Waals surface area (Å²) in [7, 11) is 0. The minimum absolute atomic E-state index is 0.253. The minimum atomic E-state index is -0.965. The highest BCUT2D eigenvalue weighted by molar-refractivity contribution is 6.48. The van der Waals surface area contributed by atoms with Crippen molar-refractivity contribution in [2.24, 2.45) is 0 Å². The van der Waals surface area contributed by atoms with Crippen molar-refractivity contribution in [1.29, 1.82) is 0 Å². The van der Waals surface area contributed by atoms with E-state index in [-0.39, 0.29) is 5.69 Å². The van der Waals surface area contributed by atoms with Crippen molar-refractivity contribution in [3.63, 3.8) is 0 Å². The number of anilines is 3. The van der Waals surface area contributed by atoms with Crippen LogP contribution in [-0.4, -0.2) is 17.7 Å². The fourth-order valence-electron chi connectivity index (χ4n) is 2.34. The molecule has 0 saturated carbocycles. The van der Waals surface area contributed by atoms with E-state index >= 15 is 0 Å². The van der Waals surface area contributed by atoms with Gasteiger partial charge in [0.1, 0.15) is 0 Å². The number of benzene rings is 2. The quantitative estimate of drug-likeness (QED) is 0.655. The van der Waals surface area contributed by atoms with E-state index in [9.17, 15) is 14.4 Å². The molecule has 0 spiro atoms. The summed E-state index contributed by atoms with van der Waals surface area (Å²) in [5.41, 5.74) is 8.72. The van der Waals surface area contributed by atoms with Gasteiger partial charge in [-0.2, -0.15) is 0 Å². The molecule has 0 aliphatic rings. The Hall–Kier alpha value is -3.15. The zero-order chi connectivity index (χ0) is 17.9. The van der Waals surface area contributed by atoms with Gasteiger partial charge < -0.3 is 11.1 Å². The third-order valence-corrected chi connectivity index (χ3v) is 3.47. The van der Waals surface area contributed by atoms with Crippen molar-refractivity contribution < 1.29 is 14.4 Å². The van der Waals surface area contributed by atoms with Gasteiger partial charge in [0, 0.05) is 18.3 Å². The predicted molar refractivity (Wildman–Crippen MR) is 93.6 cm³/mol. The number of hydrogen-bond acceptors (Lipinski definition) is 4. The molecular weight excluding hydrogens is 306 g/mol. The highest BCUT2D eigenvalue weighted by Gasteiger charge is 2.27. The topological polar surface area (TPSA) is 92.5 Å². The van der Waals surface area contributed by atoms with Gasteiger partial charge in [-0.1, -0.05) is 23.8 Å². The molecule has 6 nitrogen and oxygen atoms in total. The lowest BCUT2D eigenvalue weighted by Gasteiger charge is -2.19. The Morgan fingerprint density at radius 1 is 1.04 bits per heavy atom. The second-order valence-electron chi connectivity index (χ2n) is 5.53. The number of carbonyl (C=O) groups excluding carboxylic acids is 3. The predicted octanol–water partition coefficient (Wildman–Crippen LogP) is 2.40. The van der Waals surface area contributed by atoms with Gasteiger partial charge in [-0.25, -0.2) is 4.90 Å². The van der Waals surface area contributed by atoms with Crippen LogP contribution in [-0.2, 0) is 14.4 Å². The molecule has 2 rings (SSSR count). The number of aryl methyl sites for hydroxylation is 2. The highest BCUT2D eigenvalue weighted by atomic mass is 16.2. The maximum Gasteiger partial charge on any atom is 0.323 e. The van der Waals surface area contributed by atoms with Gasteiger partial charge in [-0.15, -0.1) is 0 Å². The van der Waals surface area contributed by atoms with Crippen molar-refractivity contribution in [1.82, 2.24) is 0 Å². The Morgan fingerprint density at radius 2 is 1.75 bits per heavy atom. The Morgan fingerprint density at radius 3 is 2.33 bits per heavy atom. The summed E-state index contributed by atoms with van der Waals surface area (Å²) < 4.78 is 0. The number of nitrogens with two attached hydrogens (primary N) is 1. The number of imide groups is 1. The number of rotatable bonds is 2. The number of nitrogen functional groups attached to an aromatic ring is 1. The molecule has 124 valence electrons. The van der Waals surface area contributed by atoms with Gasteiger partial charge in [-0.05, 0) is 43.7 Å². The monoisotopic (exact) mass is 325 g/mol. The first-order chi connectivity index (χ1) is 11.3. The number of nitrogens with zero attached hydrogens (tertiary/aromatic N) is 1. The summed E-state index contributed by atoms with van der Waals surface area (Å²) in [5.74, 6) is -2.42. The molecule has 0 unspecified atom stereocenters. The van der Waals surface area contributed by atoms with Gasteiger partial charge >= 0.3 is 11.8 Å². The third-order valence-electron chi connectivity index (χ3n) is 3.47. The molecular formula is C18H19N3O3. The van der Waals surface area contributed by atoms with Crippen LogP contribution in [0.5, 0.6) is 0 Å². The normalized spacial score (nSPS) is 10.1. The van der Waals surface area contributed by atoms with Crippen LogP contribution in [0.25, 0.3) is 0 Å². The summed E-state index contributed by atoms with van der Waals surface area (Å²) in [4.78, 5) is 37.3. The van der Waals surface area contributed by atoms with Gasteiger partial charge in [-0.3, -0.25) is 14.4 Å². The SMILES string of the molecule is CC(=O)N(C(=O)C(=O)Nc1ccc(C)cc1C)c1cccc(N)c1. The van der Waals surface area contributed by atoms with Gasteiger partial charge in [0.15, 0.2) is 0 Å². The lowest BCUT2D eigenvalue weighted by Crippen LogP contribution is -2.42. The molecule has 3 amide bonds. The molecule has 6 heteroatoms. The number of nitrogens with one attached hydrogen (secondary N) is 1. The van der Waals surface area contributed by atoms with Gasteiger partial charge in [0.05, 0.1) is 5.69 Å². The minimum Gasteiger partial charge on any atom is -0.399 e. The smallest absolute Gasteiger partial charge is 0.323 e. The fraction of sp³-hybridized carbons (Fsp3) is 0.167. The first-order valence-electron chi connectivity index (χ1n) is 7.38. The molecule has 0 fully saturated rings. The molecule has 24 heavy (non-hydrogen) atoms. The average molecular weight is 325 g/mol. The molecule has 0 aromatic heterocycles. The van der Waals surface area contributed by atoms with E-state index in [2.05, 4.69) is 5.32 Å². The van der Waals surface area contributed by atoms with Crippen LogP contribution < -0.4 is 16.0 Å². The number of amides is 3. The Bertz CT molecular complexity index is 815. The van der Waals surface area contributed by atoms with E-state index in [1.54, 1.807) is 24.3 Å². The Labute approximate surface area is 140 Å². The van der Waals surface area contributed by atoms with E-state index in [0.717, 1.165) is 16.0 Å². The van der Waals surface area contributed by atoms with Crippen molar-refractivity contribution >= 4 is 34.8 Å². The molecule has 0 atom stereocenters. The van der Waals surface area contributed by atoms with Crippen LogP contribution in [0.4, 0.5) is 17.1 Å². The van der Waals surface area contributed by atoms with E-state index in [1.165, 1.54) is 13.0 Å². The van der Waals surface area contributed by atoms with Crippen LogP contribution in [0.15, 0.2) is 42.5 Å². The van der Waals surface area contributed by atoms with Gasteiger partial charge in [0.2, 0.25) is 5.91 Å². The fourth-order valence-corrected chi connectivity index (χ4v) is 2.34. The molecule has 3 N–H and O–H groups in total. The second-order valence-corrected chi connectivity index (χ2v) is 5.53. The van der Waals surface area contributed by atoms with Crippen molar-refractivity contribution in [2.45, 2.75) is 20.8 Å². The number of carbonyl (C=O) groups is 3. The largest absolute Gasteiger partial charge is 0.399 e. The van der Waals surface area contributed by atoms with Crippen molar-refractivity contribution in [2.75, 3.05) is 16.0 Å². The zero-order valence-electron chi connectivity index (χ0n) is 13.8. The van der Waals surface area contributed by atoms with E-state index in [1.807, 2.05) is 26.0 Å². The molecule has 0 aliphatic carbocycles. The van der Waals surface area contributed by atoms with Gasteiger partial charge in [0.25, 0.3) is 0 Å². The summed E-state index contributed by atoms with van der Waals surface area (Å²) in [6.07, 6.45) is 0. The molecule has 0 heterocycles. The first-order valence-corrected chi connectivity index (χ1v) is 7.38. The van der Waals surface area contributed by atoms with Crippen LogP contribution >= 0.6 is 0 Å². The maximum absolute atomic E-state index is 12.4. The van der Waals surface area contributed by atoms with E-state index in [0.29, 0.717) is 11.4 Å². The summed E-state index contributed by atoms with van der Waals surface area (Å²) >= 11 is 0. The van der Waals surface area contributed by atoms with Crippen molar-refractivity contribution in [3.8, 4) is 0 Å². The molecule has 0 aliphatic heterocycles. The molecule has 0 radical (unpaired) electrons. The summed E-state index contributed by atoms with van der Waals surface area (Å²) in [6, 6.07) is 11.7. The Kier molecular flexibility index (Phi) is 4.99. The Balaban J connectivity index is 2.26. The molecule has 0 saturated heterocycles. The molecule has 0 bridgehead atoms.